The van der Waals surface area contributed by atoms with E-state index in [1.165, 1.54) is 4.40 Å². The Labute approximate surface area is 172 Å². The second-order valence-electron chi connectivity index (χ2n) is 6.57. The van der Waals surface area contributed by atoms with Crippen LogP contribution in [0.2, 0.25) is 0 Å². The van der Waals surface area contributed by atoms with Gasteiger partial charge in [0.15, 0.2) is 5.65 Å². The zero-order chi connectivity index (χ0) is 21.3. The van der Waals surface area contributed by atoms with Gasteiger partial charge >= 0.3 is 5.69 Å². The Morgan fingerprint density at radius 1 is 1.27 bits per heavy atom. The van der Waals surface area contributed by atoms with Crippen molar-refractivity contribution in [3.63, 3.8) is 0 Å². The number of rotatable bonds is 7. The highest BCUT2D eigenvalue weighted by Crippen LogP contribution is 2.27. The van der Waals surface area contributed by atoms with Crippen molar-refractivity contribution in [2.45, 2.75) is 0 Å². The molecule has 30 heavy (non-hydrogen) atoms. The minimum absolute atomic E-state index is 0.245. The summed E-state index contributed by atoms with van der Waals surface area (Å²) in [4.78, 5) is 17.4. The third-order valence-corrected chi connectivity index (χ3v) is 4.49. The molecule has 9 nitrogen and oxygen atoms in total. The summed E-state index contributed by atoms with van der Waals surface area (Å²) in [6.45, 7) is 7.56. The number of aryl methyl sites for hydroxylation is 1. The van der Waals surface area contributed by atoms with Gasteiger partial charge in [-0.25, -0.2) is 14.2 Å². The maximum atomic E-state index is 13.1. The molecule has 9 heteroatoms. The molecule has 2 N–H and O–H groups in total. The molecule has 0 spiro atoms. The minimum atomic E-state index is -0.245. The molecular formula is C21H21N7O2. The smallest absolute Gasteiger partial charge is 0.338 e. The number of hydrogen-bond acceptors (Lipinski definition) is 6. The number of anilines is 3. The highest BCUT2D eigenvalue weighted by Gasteiger charge is 2.15. The molecule has 0 unspecified atom stereocenters. The number of nitrogens with one attached hydrogen (secondary N) is 2. The third kappa shape index (κ3) is 3.44. The number of nitrogens with zero attached hydrogens (tertiary/aromatic N) is 5. The number of benzene rings is 1. The van der Waals surface area contributed by atoms with Crippen molar-refractivity contribution in [3.05, 3.63) is 84.5 Å². The molecule has 0 aliphatic rings. The first-order chi connectivity index (χ1) is 14.5. The Hall–Kier alpha value is -4.27. The van der Waals surface area contributed by atoms with E-state index in [2.05, 4.69) is 33.9 Å². The van der Waals surface area contributed by atoms with E-state index in [0.29, 0.717) is 34.3 Å². The van der Waals surface area contributed by atoms with Crippen LogP contribution in [0.25, 0.3) is 11.3 Å². The molecule has 152 valence electrons. The first kappa shape index (κ1) is 19.1. The molecular weight excluding hydrogens is 382 g/mol. The predicted octanol–water partition coefficient (Wildman–Crippen LogP) is 3.08. The van der Waals surface area contributed by atoms with Gasteiger partial charge < -0.3 is 15.4 Å². The molecule has 0 fully saturated rings. The van der Waals surface area contributed by atoms with Crippen LogP contribution in [-0.2, 0) is 7.05 Å². The lowest BCUT2D eigenvalue weighted by molar-refractivity contribution is 0.393. The fraction of sp³-hybridized carbons (Fsp3) is 0.0952. The molecule has 4 aromatic rings. The normalized spacial score (nSPS) is 10.7. The van der Waals surface area contributed by atoms with Gasteiger partial charge in [0.05, 0.1) is 24.7 Å². The summed E-state index contributed by atoms with van der Waals surface area (Å²) >= 11 is 0. The quantitative estimate of drug-likeness (QED) is 0.461. The van der Waals surface area contributed by atoms with E-state index >= 15 is 0 Å². The highest BCUT2D eigenvalue weighted by molar-refractivity contribution is 5.75. The second kappa shape index (κ2) is 7.63. The zero-order valence-corrected chi connectivity index (χ0v) is 16.7. The van der Waals surface area contributed by atoms with Gasteiger partial charge in [0.25, 0.3) is 5.88 Å². The summed E-state index contributed by atoms with van der Waals surface area (Å²) in [6.07, 6.45) is 8.33. The fourth-order valence-corrected chi connectivity index (χ4v) is 3.11. The lowest BCUT2D eigenvalue weighted by atomic mass is 10.2. The van der Waals surface area contributed by atoms with Gasteiger partial charge in [-0.2, -0.15) is 0 Å². The number of ether oxygens (including phenoxy) is 1. The molecule has 0 radical (unpaired) electrons. The first-order valence-corrected chi connectivity index (χ1v) is 9.12. The standard InChI is InChI=1S/C21H21N7O2/c1-5-14(2)23-15-7-6-8-16(11-15)28-13-17(19-22-9-10-27(19)21(28)29)24-18-12-26(3)25-20(18)30-4/h5-13,23-24H,1-2H2,3-4H3. The second-order valence-corrected chi connectivity index (χ2v) is 6.57. The van der Waals surface area contributed by atoms with Crippen LogP contribution in [0.5, 0.6) is 5.88 Å². The SMILES string of the molecule is C=CC(=C)Nc1cccc(-n2cc(Nc3cn(C)nc3OC)c3nccn3c2=O)c1. The average Bonchev–Trinajstić information content (AvgIpc) is 3.37. The third-order valence-electron chi connectivity index (χ3n) is 4.49. The van der Waals surface area contributed by atoms with Crippen molar-refractivity contribution < 1.29 is 4.74 Å². The molecule has 0 amide bonds. The largest absolute Gasteiger partial charge is 0.478 e. The van der Waals surface area contributed by atoms with E-state index in [1.54, 1.807) is 54.3 Å². The van der Waals surface area contributed by atoms with E-state index in [4.69, 9.17) is 4.74 Å². The lowest BCUT2D eigenvalue weighted by Gasteiger charge is -2.13. The van der Waals surface area contributed by atoms with Gasteiger partial charge in [-0.3, -0.25) is 9.25 Å². The lowest BCUT2D eigenvalue weighted by Crippen LogP contribution is -2.25. The molecule has 0 aliphatic carbocycles. The van der Waals surface area contributed by atoms with Gasteiger partial charge in [-0.1, -0.05) is 19.2 Å². The van der Waals surface area contributed by atoms with E-state index < -0.39 is 0 Å². The van der Waals surface area contributed by atoms with Crippen LogP contribution in [0.4, 0.5) is 17.1 Å². The number of allylic oxidation sites excluding steroid dienone is 1. The molecule has 0 aliphatic heterocycles. The van der Waals surface area contributed by atoms with Crippen LogP contribution in [0.15, 0.2) is 78.8 Å². The summed E-state index contributed by atoms with van der Waals surface area (Å²) < 4.78 is 9.98. The van der Waals surface area contributed by atoms with Crippen molar-refractivity contribution in [2.24, 2.45) is 7.05 Å². The Balaban J connectivity index is 1.83. The Bertz CT molecular complexity index is 1310. The van der Waals surface area contributed by atoms with Gasteiger partial charge in [0.2, 0.25) is 0 Å². The topological polar surface area (TPSA) is 90.4 Å². The van der Waals surface area contributed by atoms with Crippen molar-refractivity contribution in [1.82, 2.24) is 23.7 Å². The van der Waals surface area contributed by atoms with Crippen LogP contribution in [0.3, 0.4) is 0 Å². The van der Waals surface area contributed by atoms with E-state index in [9.17, 15) is 4.79 Å². The Morgan fingerprint density at radius 3 is 2.87 bits per heavy atom. The van der Waals surface area contributed by atoms with Crippen LogP contribution < -0.4 is 21.1 Å². The molecule has 0 bridgehead atoms. The first-order valence-electron chi connectivity index (χ1n) is 9.12. The van der Waals surface area contributed by atoms with Gasteiger partial charge in [0.1, 0.15) is 5.69 Å². The Morgan fingerprint density at radius 2 is 2.10 bits per heavy atom. The molecule has 3 heterocycles. The van der Waals surface area contributed by atoms with Crippen LogP contribution in [0, 0.1) is 0 Å². The summed E-state index contributed by atoms with van der Waals surface area (Å²) in [6, 6.07) is 7.45. The highest BCUT2D eigenvalue weighted by atomic mass is 16.5. The van der Waals surface area contributed by atoms with Crippen molar-refractivity contribution in [1.29, 1.82) is 0 Å². The van der Waals surface area contributed by atoms with Gasteiger partial charge in [-0.05, 0) is 24.3 Å². The van der Waals surface area contributed by atoms with Crippen molar-refractivity contribution in [3.8, 4) is 11.6 Å². The van der Waals surface area contributed by atoms with Crippen LogP contribution in [0.1, 0.15) is 0 Å². The Kier molecular flexibility index (Phi) is 4.85. The monoisotopic (exact) mass is 403 g/mol. The fourth-order valence-electron chi connectivity index (χ4n) is 3.11. The van der Waals surface area contributed by atoms with Crippen LogP contribution >= 0.6 is 0 Å². The van der Waals surface area contributed by atoms with E-state index in [0.717, 1.165) is 5.69 Å². The average molecular weight is 403 g/mol. The molecule has 1 aromatic carbocycles. The zero-order valence-electron chi connectivity index (χ0n) is 16.7. The number of hydrogen-bond donors (Lipinski definition) is 2. The molecule has 0 saturated carbocycles. The molecule has 4 rings (SSSR count). The number of aromatic nitrogens is 5. The predicted molar refractivity (Wildman–Crippen MR) is 117 cm³/mol. The minimum Gasteiger partial charge on any atom is -0.478 e. The van der Waals surface area contributed by atoms with Gasteiger partial charge in [0, 0.05) is 37.0 Å². The van der Waals surface area contributed by atoms with Crippen molar-refractivity contribution in [2.75, 3.05) is 17.7 Å². The van der Waals surface area contributed by atoms with Gasteiger partial charge in [-0.15, -0.1) is 5.10 Å². The molecule has 0 atom stereocenters. The number of imidazole rings is 1. The summed E-state index contributed by atoms with van der Waals surface area (Å²) in [7, 11) is 3.35. The molecule has 0 saturated heterocycles. The maximum Gasteiger partial charge on any atom is 0.338 e. The summed E-state index contributed by atoms with van der Waals surface area (Å²) in [5.74, 6) is 0.439. The summed E-state index contributed by atoms with van der Waals surface area (Å²) in [5.41, 5.74) is 3.67. The number of fused-ring (bicyclic) bond motifs is 1. The number of methoxy groups -OCH3 is 1. The maximum absolute atomic E-state index is 13.1. The molecule has 3 aromatic heterocycles. The van der Waals surface area contributed by atoms with E-state index in [-0.39, 0.29) is 5.69 Å². The van der Waals surface area contributed by atoms with E-state index in [1.807, 2.05) is 24.3 Å². The van der Waals surface area contributed by atoms with Crippen LogP contribution in [-0.4, -0.2) is 30.8 Å². The van der Waals surface area contributed by atoms with Crippen molar-refractivity contribution >= 4 is 22.7 Å². The summed E-state index contributed by atoms with van der Waals surface area (Å²) in [5, 5.41) is 10.7.